The second kappa shape index (κ2) is 6.69. The number of anilines is 1. The standard InChI is InChI=1S/C15H10BrN5O4/c16-9-7-13(14(22)17-8-9)18-15(23)12-5-6-20(19-12)10-1-3-11(4-2-10)21(24)25/h1-8H,(H,17,22)(H,18,23). The molecule has 0 aliphatic carbocycles. The number of hydrogen-bond acceptors (Lipinski definition) is 5. The van der Waals surface area contributed by atoms with Gasteiger partial charge < -0.3 is 10.3 Å². The third-order valence-corrected chi connectivity index (χ3v) is 3.72. The molecule has 9 nitrogen and oxygen atoms in total. The molecule has 3 aromatic rings. The zero-order valence-corrected chi connectivity index (χ0v) is 14.1. The molecule has 3 rings (SSSR count). The number of amides is 1. The molecule has 0 unspecified atom stereocenters. The smallest absolute Gasteiger partial charge is 0.276 e. The third kappa shape index (κ3) is 3.63. The average Bonchev–Trinajstić information content (AvgIpc) is 3.08. The van der Waals surface area contributed by atoms with E-state index in [0.717, 1.165) is 0 Å². The van der Waals surface area contributed by atoms with E-state index in [0.29, 0.717) is 10.2 Å². The van der Waals surface area contributed by atoms with E-state index >= 15 is 0 Å². The van der Waals surface area contributed by atoms with Crippen LogP contribution in [-0.2, 0) is 0 Å². The number of nitro benzene ring substituents is 1. The number of halogens is 1. The van der Waals surface area contributed by atoms with Crippen molar-refractivity contribution in [2.75, 3.05) is 5.32 Å². The summed E-state index contributed by atoms with van der Waals surface area (Å²) in [5.74, 6) is -0.552. The van der Waals surface area contributed by atoms with Gasteiger partial charge in [-0.05, 0) is 40.2 Å². The van der Waals surface area contributed by atoms with Crippen LogP contribution in [0.25, 0.3) is 5.69 Å². The average molecular weight is 404 g/mol. The van der Waals surface area contributed by atoms with Gasteiger partial charge in [-0.2, -0.15) is 5.10 Å². The first-order valence-corrected chi connectivity index (χ1v) is 7.73. The van der Waals surface area contributed by atoms with Gasteiger partial charge in [-0.15, -0.1) is 0 Å². The molecule has 10 heteroatoms. The van der Waals surface area contributed by atoms with Crippen LogP contribution in [-0.4, -0.2) is 25.6 Å². The summed E-state index contributed by atoms with van der Waals surface area (Å²) in [6.45, 7) is 0. The fraction of sp³-hybridized carbons (Fsp3) is 0. The van der Waals surface area contributed by atoms with Gasteiger partial charge in [-0.25, -0.2) is 4.68 Å². The Hall–Kier alpha value is -3.27. The summed E-state index contributed by atoms with van der Waals surface area (Å²) in [5.41, 5.74) is 0.265. The topological polar surface area (TPSA) is 123 Å². The van der Waals surface area contributed by atoms with Crippen molar-refractivity contribution in [2.24, 2.45) is 0 Å². The van der Waals surface area contributed by atoms with Gasteiger partial charge in [0, 0.05) is 29.0 Å². The summed E-state index contributed by atoms with van der Waals surface area (Å²) >= 11 is 3.20. The number of nitro groups is 1. The van der Waals surface area contributed by atoms with Crippen LogP contribution in [0.15, 0.2) is 58.1 Å². The van der Waals surface area contributed by atoms with Crippen LogP contribution in [0.3, 0.4) is 0 Å². The molecule has 0 saturated carbocycles. The van der Waals surface area contributed by atoms with Crippen LogP contribution in [0.5, 0.6) is 0 Å². The largest absolute Gasteiger partial charge is 0.326 e. The first-order chi connectivity index (χ1) is 11.9. The molecule has 1 amide bonds. The van der Waals surface area contributed by atoms with Crippen molar-refractivity contribution >= 4 is 33.2 Å². The van der Waals surface area contributed by atoms with Crippen molar-refractivity contribution in [3.05, 3.63) is 79.4 Å². The number of non-ortho nitro benzene ring substituents is 1. The maximum absolute atomic E-state index is 12.2. The number of carbonyl (C=O) groups excluding carboxylic acids is 1. The molecule has 0 bridgehead atoms. The summed E-state index contributed by atoms with van der Waals surface area (Å²) in [5, 5.41) is 17.3. The van der Waals surface area contributed by atoms with Crippen molar-refractivity contribution < 1.29 is 9.72 Å². The molecular formula is C15H10BrN5O4. The van der Waals surface area contributed by atoms with Gasteiger partial charge in [0.15, 0.2) is 5.69 Å². The van der Waals surface area contributed by atoms with E-state index in [2.05, 4.69) is 31.3 Å². The summed E-state index contributed by atoms with van der Waals surface area (Å²) in [7, 11) is 0. The first-order valence-electron chi connectivity index (χ1n) is 6.94. The molecule has 0 aliphatic heterocycles. The lowest BCUT2D eigenvalue weighted by atomic mass is 10.3. The van der Waals surface area contributed by atoms with E-state index < -0.39 is 16.4 Å². The van der Waals surface area contributed by atoms with E-state index in [4.69, 9.17) is 0 Å². The van der Waals surface area contributed by atoms with E-state index in [1.165, 1.54) is 47.3 Å². The molecule has 2 N–H and O–H groups in total. The van der Waals surface area contributed by atoms with Crippen LogP contribution in [0.4, 0.5) is 11.4 Å². The summed E-state index contributed by atoms with van der Waals surface area (Å²) in [4.78, 5) is 36.5. The van der Waals surface area contributed by atoms with E-state index in [1.54, 1.807) is 6.20 Å². The van der Waals surface area contributed by atoms with Crippen molar-refractivity contribution in [3.63, 3.8) is 0 Å². The second-order valence-corrected chi connectivity index (χ2v) is 5.85. The highest BCUT2D eigenvalue weighted by molar-refractivity contribution is 9.10. The number of aromatic nitrogens is 3. The van der Waals surface area contributed by atoms with Gasteiger partial charge in [0.25, 0.3) is 17.2 Å². The lowest BCUT2D eigenvalue weighted by molar-refractivity contribution is -0.384. The predicted octanol–water partition coefficient (Wildman–Crippen LogP) is 2.48. The Morgan fingerprint density at radius 1 is 1.28 bits per heavy atom. The lowest BCUT2D eigenvalue weighted by Crippen LogP contribution is -2.20. The van der Waals surface area contributed by atoms with Gasteiger partial charge in [0.2, 0.25) is 0 Å². The number of benzene rings is 1. The van der Waals surface area contributed by atoms with Crippen LogP contribution in [0.1, 0.15) is 10.5 Å². The number of nitrogens with zero attached hydrogens (tertiary/aromatic N) is 3. The molecule has 25 heavy (non-hydrogen) atoms. The van der Waals surface area contributed by atoms with Crippen LogP contribution >= 0.6 is 15.9 Å². The zero-order chi connectivity index (χ0) is 18.0. The van der Waals surface area contributed by atoms with Gasteiger partial charge in [0.1, 0.15) is 5.69 Å². The molecule has 2 aromatic heterocycles. The van der Waals surface area contributed by atoms with Crippen molar-refractivity contribution in [1.29, 1.82) is 0 Å². The number of pyridine rings is 1. The molecule has 0 atom stereocenters. The maximum Gasteiger partial charge on any atom is 0.276 e. The third-order valence-electron chi connectivity index (χ3n) is 3.26. The highest BCUT2D eigenvalue weighted by Crippen LogP contribution is 2.15. The zero-order valence-electron chi connectivity index (χ0n) is 12.5. The summed E-state index contributed by atoms with van der Waals surface area (Å²) < 4.78 is 2.02. The fourth-order valence-corrected chi connectivity index (χ4v) is 2.40. The molecule has 126 valence electrons. The highest BCUT2D eigenvalue weighted by Gasteiger charge is 2.13. The van der Waals surface area contributed by atoms with Crippen LogP contribution < -0.4 is 10.9 Å². The number of H-pyrrole nitrogens is 1. The Balaban J connectivity index is 1.80. The monoisotopic (exact) mass is 403 g/mol. The molecule has 2 heterocycles. The molecule has 1 aromatic carbocycles. The minimum absolute atomic E-state index is 0.0391. The van der Waals surface area contributed by atoms with E-state index in [-0.39, 0.29) is 17.1 Å². The Kier molecular flexibility index (Phi) is 4.44. The Morgan fingerprint density at radius 2 is 2.00 bits per heavy atom. The number of carbonyl (C=O) groups is 1. The number of nitrogens with one attached hydrogen (secondary N) is 2. The lowest BCUT2D eigenvalue weighted by Gasteiger charge is -2.03. The maximum atomic E-state index is 12.2. The van der Waals surface area contributed by atoms with Crippen LogP contribution in [0.2, 0.25) is 0 Å². The number of aromatic amines is 1. The van der Waals surface area contributed by atoms with Crippen molar-refractivity contribution in [2.45, 2.75) is 0 Å². The normalized spacial score (nSPS) is 10.4. The summed E-state index contributed by atoms with van der Waals surface area (Å²) in [6, 6.07) is 8.68. The van der Waals surface area contributed by atoms with Crippen molar-refractivity contribution in [3.8, 4) is 5.69 Å². The van der Waals surface area contributed by atoms with Gasteiger partial charge in [-0.3, -0.25) is 19.7 Å². The quantitative estimate of drug-likeness (QED) is 0.511. The second-order valence-electron chi connectivity index (χ2n) is 4.93. The molecule has 0 fully saturated rings. The SMILES string of the molecule is O=C(Nc1cc(Br)c[nH]c1=O)c1ccn(-c2ccc([N+](=O)[O-])cc2)n1. The molecule has 0 saturated heterocycles. The van der Waals surface area contributed by atoms with Gasteiger partial charge in [0.05, 0.1) is 10.6 Å². The van der Waals surface area contributed by atoms with Crippen molar-refractivity contribution in [1.82, 2.24) is 14.8 Å². The predicted molar refractivity (Wildman–Crippen MR) is 92.9 cm³/mol. The fourth-order valence-electron chi connectivity index (χ4n) is 2.05. The highest BCUT2D eigenvalue weighted by atomic mass is 79.9. The van der Waals surface area contributed by atoms with Gasteiger partial charge in [-0.1, -0.05) is 0 Å². The number of hydrogen-bond donors (Lipinski definition) is 2. The minimum atomic E-state index is -0.552. The Labute approximate surface area is 148 Å². The molecule has 0 radical (unpaired) electrons. The van der Waals surface area contributed by atoms with Gasteiger partial charge >= 0.3 is 0 Å². The number of rotatable bonds is 4. The van der Waals surface area contributed by atoms with Crippen LogP contribution in [0, 0.1) is 10.1 Å². The first kappa shape index (κ1) is 16.6. The van der Waals surface area contributed by atoms with E-state index in [1.807, 2.05) is 0 Å². The van der Waals surface area contributed by atoms with E-state index in [9.17, 15) is 19.7 Å². The Bertz CT molecular complexity index is 1010. The summed E-state index contributed by atoms with van der Waals surface area (Å²) in [6.07, 6.45) is 3.00. The molecule has 0 spiro atoms. The minimum Gasteiger partial charge on any atom is -0.326 e. The Morgan fingerprint density at radius 3 is 2.68 bits per heavy atom. The molecular weight excluding hydrogens is 394 g/mol. The molecule has 0 aliphatic rings.